The van der Waals surface area contributed by atoms with Crippen LogP contribution in [0, 0.1) is 0 Å². The van der Waals surface area contributed by atoms with Gasteiger partial charge in [-0.15, -0.1) is 0 Å². The molecule has 2 bridgehead atoms. The molecule has 0 radical (unpaired) electrons. The maximum atomic E-state index is 4.32. The fourth-order valence-electron chi connectivity index (χ4n) is 2.73. The Bertz CT molecular complexity index is 326. The van der Waals surface area contributed by atoms with Crippen LogP contribution in [0.25, 0.3) is 0 Å². The summed E-state index contributed by atoms with van der Waals surface area (Å²) in [5, 5.41) is 0. The minimum absolute atomic E-state index is 0.701. The number of rotatable bonds is 1. The average molecular weight is 204 g/mol. The number of hydrogen-bond donors (Lipinski definition) is 0. The Balaban J connectivity index is 1.81. The van der Waals surface area contributed by atoms with Crippen LogP contribution in [0.5, 0.6) is 0 Å². The van der Waals surface area contributed by atoms with Crippen molar-refractivity contribution in [2.45, 2.75) is 24.9 Å². The summed E-state index contributed by atoms with van der Waals surface area (Å²) in [4.78, 5) is 13.5. The van der Waals surface area contributed by atoms with Gasteiger partial charge in [-0.3, -0.25) is 4.90 Å². The van der Waals surface area contributed by atoms with E-state index in [1.165, 1.54) is 12.8 Å². The van der Waals surface area contributed by atoms with Gasteiger partial charge in [0.2, 0.25) is 5.95 Å². The Hall–Kier alpha value is -1.16. The van der Waals surface area contributed by atoms with Crippen LogP contribution in [0.2, 0.25) is 0 Å². The second-order valence-electron chi connectivity index (χ2n) is 4.50. The zero-order valence-corrected chi connectivity index (χ0v) is 9.00. The van der Waals surface area contributed by atoms with Crippen LogP contribution in [0.1, 0.15) is 12.8 Å². The minimum atomic E-state index is 0.701. The number of fused-ring (bicyclic) bond motifs is 2. The van der Waals surface area contributed by atoms with E-state index < -0.39 is 0 Å². The van der Waals surface area contributed by atoms with E-state index >= 15 is 0 Å². The van der Waals surface area contributed by atoms with Crippen molar-refractivity contribution in [2.24, 2.45) is 0 Å². The molecule has 4 nitrogen and oxygen atoms in total. The van der Waals surface area contributed by atoms with E-state index in [0.717, 1.165) is 19.0 Å². The summed E-state index contributed by atoms with van der Waals surface area (Å²) < 4.78 is 0. The van der Waals surface area contributed by atoms with Crippen LogP contribution in [0.15, 0.2) is 18.5 Å². The molecule has 0 spiro atoms. The van der Waals surface area contributed by atoms with Gasteiger partial charge in [0.1, 0.15) is 0 Å². The molecule has 2 atom stereocenters. The molecule has 2 unspecified atom stereocenters. The highest BCUT2D eigenvalue weighted by Gasteiger charge is 2.37. The van der Waals surface area contributed by atoms with E-state index in [9.17, 15) is 0 Å². The lowest BCUT2D eigenvalue weighted by molar-refractivity contribution is 0.211. The minimum Gasteiger partial charge on any atom is -0.338 e. The molecular weight excluding hydrogens is 188 g/mol. The van der Waals surface area contributed by atoms with E-state index in [-0.39, 0.29) is 0 Å². The van der Waals surface area contributed by atoms with E-state index in [4.69, 9.17) is 0 Å². The Labute approximate surface area is 89.9 Å². The summed E-state index contributed by atoms with van der Waals surface area (Å²) in [7, 11) is 2.24. The van der Waals surface area contributed by atoms with Crippen molar-refractivity contribution >= 4 is 5.95 Å². The fraction of sp³-hybridized carbons (Fsp3) is 0.636. The number of piperazine rings is 1. The van der Waals surface area contributed by atoms with Gasteiger partial charge in [-0.05, 0) is 26.0 Å². The van der Waals surface area contributed by atoms with E-state index in [0.29, 0.717) is 12.1 Å². The number of anilines is 1. The largest absolute Gasteiger partial charge is 0.338 e. The van der Waals surface area contributed by atoms with Crippen molar-refractivity contribution in [1.82, 2.24) is 14.9 Å². The fourth-order valence-corrected chi connectivity index (χ4v) is 2.73. The smallest absolute Gasteiger partial charge is 0.225 e. The molecule has 2 aliphatic rings. The second-order valence-corrected chi connectivity index (χ2v) is 4.50. The first-order valence-electron chi connectivity index (χ1n) is 5.58. The Morgan fingerprint density at radius 3 is 2.33 bits per heavy atom. The average Bonchev–Trinajstić information content (AvgIpc) is 2.54. The third-order valence-electron chi connectivity index (χ3n) is 3.68. The van der Waals surface area contributed by atoms with Crippen LogP contribution in [0.3, 0.4) is 0 Å². The molecule has 1 aromatic heterocycles. The van der Waals surface area contributed by atoms with Crippen LogP contribution >= 0.6 is 0 Å². The standard InChI is InChI=1S/C11H16N4/c1-14-9-3-4-10(14)8-15(7-9)11-12-5-2-6-13-11/h2,5-6,9-10H,3-4,7-8H2,1H3. The van der Waals surface area contributed by atoms with Crippen molar-refractivity contribution in [3.63, 3.8) is 0 Å². The first-order valence-corrected chi connectivity index (χ1v) is 5.58. The normalized spacial score (nSPS) is 30.9. The van der Waals surface area contributed by atoms with E-state index in [1.54, 1.807) is 0 Å². The molecule has 3 heterocycles. The zero-order chi connectivity index (χ0) is 10.3. The summed E-state index contributed by atoms with van der Waals surface area (Å²) in [6, 6.07) is 3.27. The third-order valence-corrected chi connectivity index (χ3v) is 3.68. The number of aromatic nitrogens is 2. The van der Waals surface area contributed by atoms with Gasteiger partial charge in [0.15, 0.2) is 0 Å². The van der Waals surface area contributed by atoms with Crippen LogP contribution in [-0.2, 0) is 0 Å². The number of likely N-dealkylation sites (N-methyl/N-ethyl adjacent to an activating group) is 1. The summed E-state index contributed by atoms with van der Waals surface area (Å²) in [5.41, 5.74) is 0. The highest BCUT2D eigenvalue weighted by Crippen LogP contribution is 2.29. The molecule has 0 amide bonds. The maximum absolute atomic E-state index is 4.32. The van der Waals surface area contributed by atoms with Gasteiger partial charge in [-0.1, -0.05) is 0 Å². The third kappa shape index (κ3) is 1.49. The molecule has 2 fully saturated rings. The molecule has 4 heteroatoms. The van der Waals surface area contributed by atoms with Crippen LogP contribution in [-0.4, -0.2) is 47.1 Å². The Morgan fingerprint density at radius 2 is 1.73 bits per heavy atom. The lowest BCUT2D eigenvalue weighted by Crippen LogP contribution is -2.52. The van der Waals surface area contributed by atoms with Crippen molar-refractivity contribution in [3.05, 3.63) is 18.5 Å². The first kappa shape index (κ1) is 9.09. The van der Waals surface area contributed by atoms with Gasteiger partial charge in [0.05, 0.1) is 0 Å². The van der Waals surface area contributed by atoms with Crippen LogP contribution in [0.4, 0.5) is 5.95 Å². The summed E-state index contributed by atoms with van der Waals surface area (Å²) >= 11 is 0. The molecule has 3 rings (SSSR count). The zero-order valence-electron chi connectivity index (χ0n) is 9.00. The molecule has 80 valence electrons. The topological polar surface area (TPSA) is 32.3 Å². The number of nitrogens with zero attached hydrogens (tertiary/aromatic N) is 4. The van der Waals surface area contributed by atoms with Crippen LogP contribution < -0.4 is 4.90 Å². The van der Waals surface area contributed by atoms with Crippen molar-refractivity contribution < 1.29 is 0 Å². The highest BCUT2D eigenvalue weighted by molar-refractivity contribution is 5.31. The molecule has 0 aromatic carbocycles. The molecule has 2 aliphatic heterocycles. The molecule has 0 saturated carbocycles. The molecular formula is C11H16N4. The van der Waals surface area contributed by atoms with Gasteiger partial charge in [-0.25, -0.2) is 9.97 Å². The van der Waals surface area contributed by atoms with Crippen molar-refractivity contribution in [3.8, 4) is 0 Å². The Kier molecular flexibility index (Phi) is 2.09. The summed E-state index contributed by atoms with van der Waals surface area (Å²) in [6.45, 7) is 2.16. The molecule has 1 aromatic rings. The lowest BCUT2D eigenvalue weighted by atomic mass is 10.2. The van der Waals surface area contributed by atoms with Gasteiger partial charge >= 0.3 is 0 Å². The van der Waals surface area contributed by atoms with Gasteiger partial charge in [0, 0.05) is 37.6 Å². The first-order chi connectivity index (χ1) is 7.34. The predicted molar refractivity (Wildman–Crippen MR) is 58.8 cm³/mol. The monoisotopic (exact) mass is 204 g/mol. The predicted octanol–water partition coefficient (Wildman–Crippen LogP) is 0.759. The van der Waals surface area contributed by atoms with Gasteiger partial charge in [0.25, 0.3) is 0 Å². The van der Waals surface area contributed by atoms with E-state index in [2.05, 4.69) is 26.8 Å². The van der Waals surface area contributed by atoms with Gasteiger partial charge in [-0.2, -0.15) is 0 Å². The SMILES string of the molecule is CN1C2CCC1CN(c1ncccn1)C2. The molecule has 0 aliphatic carbocycles. The summed E-state index contributed by atoms with van der Waals surface area (Å²) in [5.74, 6) is 0.891. The van der Waals surface area contributed by atoms with E-state index in [1.807, 2.05) is 18.5 Å². The molecule has 2 saturated heterocycles. The number of hydrogen-bond acceptors (Lipinski definition) is 4. The Morgan fingerprint density at radius 1 is 1.13 bits per heavy atom. The maximum Gasteiger partial charge on any atom is 0.225 e. The second kappa shape index (κ2) is 3.45. The molecule has 15 heavy (non-hydrogen) atoms. The molecule has 0 N–H and O–H groups in total. The van der Waals surface area contributed by atoms with Gasteiger partial charge < -0.3 is 4.90 Å². The van der Waals surface area contributed by atoms with Crippen molar-refractivity contribution in [2.75, 3.05) is 25.0 Å². The lowest BCUT2D eigenvalue weighted by Gasteiger charge is -2.38. The summed E-state index contributed by atoms with van der Waals surface area (Å²) in [6.07, 6.45) is 6.29. The highest BCUT2D eigenvalue weighted by atomic mass is 15.4. The van der Waals surface area contributed by atoms with Crippen molar-refractivity contribution in [1.29, 1.82) is 0 Å². The quantitative estimate of drug-likeness (QED) is 0.676.